The predicted molar refractivity (Wildman–Crippen MR) is 86.0 cm³/mol. The van der Waals surface area contributed by atoms with Crippen molar-refractivity contribution in [2.24, 2.45) is 5.92 Å². The molecule has 3 heteroatoms. The Bertz CT molecular complexity index is 373. The van der Waals surface area contributed by atoms with Gasteiger partial charge in [-0.25, -0.2) is 0 Å². The second-order valence-electron chi connectivity index (χ2n) is 6.42. The smallest absolute Gasteiger partial charge is 0.0916 e. The zero-order chi connectivity index (χ0) is 15.1. The van der Waals surface area contributed by atoms with Crippen molar-refractivity contribution in [3.63, 3.8) is 0 Å². The van der Waals surface area contributed by atoms with Gasteiger partial charge in [0, 0.05) is 19.6 Å². The quantitative estimate of drug-likeness (QED) is 0.791. The summed E-state index contributed by atoms with van der Waals surface area (Å²) in [5, 5.41) is 10.3. The van der Waals surface area contributed by atoms with Gasteiger partial charge in [-0.3, -0.25) is 0 Å². The van der Waals surface area contributed by atoms with Crippen molar-refractivity contribution < 1.29 is 5.11 Å². The summed E-state index contributed by atoms with van der Waals surface area (Å²) in [5.41, 5.74) is 2.35. The lowest BCUT2D eigenvalue weighted by Crippen LogP contribution is -2.31. The predicted octanol–water partition coefficient (Wildman–Crippen LogP) is 2.41. The average Bonchev–Trinajstić information content (AvgIpc) is 2.36. The van der Waals surface area contributed by atoms with Gasteiger partial charge in [0.25, 0.3) is 0 Å². The van der Waals surface area contributed by atoms with Crippen LogP contribution >= 0.6 is 0 Å². The molecule has 0 fully saturated rings. The summed E-state index contributed by atoms with van der Waals surface area (Å²) in [5.74, 6) is 0.669. The monoisotopic (exact) mass is 278 g/mol. The van der Waals surface area contributed by atoms with Gasteiger partial charge in [0.1, 0.15) is 0 Å². The molecule has 1 rings (SSSR count). The van der Waals surface area contributed by atoms with Crippen LogP contribution in [0.2, 0.25) is 0 Å². The largest absolute Gasteiger partial charge is 0.387 e. The van der Waals surface area contributed by atoms with Crippen molar-refractivity contribution in [2.75, 3.05) is 40.8 Å². The van der Waals surface area contributed by atoms with Crippen molar-refractivity contribution in [1.82, 2.24) is 9.80 Å². The number of aliphatic hydroxyl groups excluding tert-OH is 1. The Labute approximate surface area is 124 Å². The van der Waals surface area contributed by atoms with E-state index in [0.717, 1.165) is 25.1 Å². The summed E-state index contributed by atoms with van der Waals surface area (Å²) < 4.78 is 0. The molecule has 0 amide bonds. The lowest BCUT2D eigenvalue weighted by Gasteiger charge is -2.22. The van der Waals surface area contributed by atoms with Crippen LogP contribution in [0.25, 0.3) is 0 Å². The standard InChI is InChI=1S/C17H30N2O/c1-14(2)12-15-6-8-16(9-7-15)17(20)13-19(5)11-10-18(3)4/h6-9,14,17,20H,10-13H2,1-5H3. The van der Waals surface area contributed by atoms with Gasteiger partial charge in [-0.05, 0) is 44.6 Å². The van der Waals surface area contributed by atoms with Gasteiger partial charge in [-0.2, -0.15) is 0 Å². The molecule has 0 spiro atoms. The van der Waals surface area contributed by atoms with Crippen molar-refractivity contribution in [3.05, 3.63) is 35.4 Å². The Morgan fingerprint density at radius 2 is 1.60 bits per heavy atom. The summed E-state index contributed by atoms with van der Waals surface area (Å²) in [6, 6.07) is 8.39. The highest BCUT2D eigenvalue weighted by Crippen LogP contribution is 2.16. The maximum Gasteiger partial charge on any atom is 0.0916 e. The number of aliphatic hydroxyl groups is 1. The third-order valence-corrected chi connectivity index (χ3v) is 3.42. The summed E-state index contributed by atoms with van der Waals surface area (Å²) in [4.78, 5) is 4.33. The molecule has 0 aliphatic carbocycles. The second-order valence-corrected chi connectivity index (χ2v) is 6.42. The van der Waals surface area contributed by atoms with E-state index in [9.17, 15) is 5.11 Å². The molecule has 20 heavy (non-hydrogen) atoms. The molecule has 3 nitrogen and oxygen atoms in total. The maximum absolute atomic E-state index is 10.3. The van der Waals surface area contributed by atoms with E-state index >= 15 is 0 Å². The Balaban J connectivity index is 2.48. The van der Waals surface area contributed by atoms with Gasteiger partial charge in [0.15, 0.2) is 0 Å². The molecule has 1 N–H and O–H groups in total. The lowest BCUT2D eigenvalue weighted by atomic mass is 10.00. The number of likely N-dealkylation sites (N-methyl/N-ethyl adjacent to an activating group) is 2. The Kier molecular flexibility index (Phi) is 7.20. The van der Waals surface area contributed by atoms with Gasteiger partial charge in [-0.1, -0.05) is 38.1 Å². The zero-order valence-electron chi connectivity index (χ0n) is 13.6. The van der Waals surface area contributed by atoms with Crippen molar-refractivity contribution >= 4 is 0 Å². The van der Waals surface area contributed by atoms with Crippen LogP contribution in [0.1, 0.15) is 31.1 Å². The first kappa shape index (κ1) is 17.2. The zero-order valence-corrected chi connectivity index (χ0v) is 13.6. The highest BCUT2D eigenvalue weighted by Gasteiger charge is 2.11. The first-order valence-electron chi connectivity index (χ1n) is 7.48. The first-order valence-corrected chi connectivity index (χ1v) is 7.48. The van der Waals surface area contributed by atoms with Gasteiger partial charge >= 0.3 is 0 Å². The van der Waals surface area contributed by atoms with Crippen molar-refractivity contribution in [3.8, 4) is 0 Å². The Hall–Kier alpha value is -0.900. The van der Waals surface area contributed by atoms with E-state index in [-0.39, 0.29) is 0 Å². The van der Waals surface area contributed by atoms with Crippen LogP contribution in [0, 0.1) is 5.92 Å². The average molecular weight is 278 g/mol. The van der Waals surface area contributed by atoms with Crippen LogP contribution in [0.4, 0.5) is 0 Å². The van der Waals surface area contributed by atoms with Gasteiger partial charge in [-0.15, -0.1) is 0 Å². The van der Waals surface area contributed by atoms with Gasteiger partial charge < -0.3 is 14.9 Å². The maximum atomic E-state index is 10.3. The van der Waals surface area contributed by atoms with Crippen molar-refractivity contribution in [2.45, 2.75) is 26.4 Å². The van der Waals surface area contributed by atoms with Crippen LogP contribution in [-0.4, -0.2) is 55.7 Å². The molecule has 0 saturated carbocycles. The molecule has 0 saturated heterocycles. The third kappa shape index (κ3) is 6.51. The molecular weight excluding hydrogens is 248 g/mol. The minimum Gasteiger partial charge on any atom is -0.387 e. The Morgan fingerprint density at radius 3 is 2.10 bits per heavy atom. The van der Waals surface area contributed by atoms with Crippen LogP contribution in [0.15, 0.2) is 24.3 Å². The molecule has 0 aliphatic rings. The number of rotatable bonds is 8. The minimum atomic E-state index is -0.407. The normalized spacial score (nSPS) is 13.4. The van der Waals surface area contributed by atoms with Crippen LogP contribution < -0.4 is 0 Å². The Morgan fingerprint density at radius 1 is 1.00 bits per heavy atom. The molecule has 1 aromatic carbocycles. The molecule has 0 bridgehead atoms. The van der Waals surface area contributed by atoms with E-state index in [1.165, 1.54) is 5.56 Å². The van der Waals surface area contributed by atoms with Gasteiger partial charge in [0.05, 0.1) is 6.10 Å². The number of benzene rings is 1. The van der Waals surface area contributed by atoms with E-state index in [2.05, 4.69) is 69.1 Å². The summed E-state index contributed by atoms with van der Waals surface area (Å²) in [7, 11) is 6.19. The lowest BCUT2D eigenvalue weighted by molar-refractivity contribution is 0.123. The minimum absolute atomic E-state index is 0.407. The number of hydrogen-bond donors (Lipinski definition) is 1. The van der Waals surface area contributed by atoms with Crippen LogP contribution in [-0.2, 0) is 6.42 Å². The molecule has 0 heterocycles. The van der Waals surface area contributed by atoms with Crippen LogP contribution in [0.5, 0.6) is 0 Å². The van der Waals surface area contributed by atoms with E-state index in [4.69, 9.17) is 0 Å². The molecule has 1 atom stereocenters. The summed E-state index contributed by atoms with van der Waals surface area (Å²) in [6.07, 6.45) is 0.689. The fourth-order valence-electron chi connectivity index (χ4n) is 2.21. The van der Waals surface area contributed by atoms with E-state index in [1.807, 2.05) is 0 Å². The topological polar surface area (TPSA) is 26.7 Å². The SMILES string of the molecule is CC(C)Cc1ccc(C(O)CN(C)CCN(C)C)cc1. The fourth-order valence-corrected chi connectivity index (χ4v) is 2.21. The van der Waals surface area contributed by atoms with Crippen LogP contribution in [0.3, 0.4) is 0 Å². The highest BCUT2D eigenvalue weighted by molar-refractivity contribution is 5.24. The molecular formula is C17H30N2O. The molecule has 1 unspecified atom stereocenters. The van der Waals surface area contributed by atoms with E-state index in [1.54, 1.807) is 0 Å². The molecule has 0 aromatic heterocycles. The van der Waals surface area contributed by atoms with E-state index < -0.39 is 6.10 Å². The highest BCUT2D eigenvalue weighted by atomic mass is 16.3. The summed E-state index contributed by atoms with van der Waals surface area (Å²) >= 11 is 0. The molecule has 0 radical (unpaired) electrons. The molecule has 114 valence electrons. The first-order chi connectivity index (χ1) is 9.38. The fraction of sp³-hybridized carbons (Fsp3) is 0.647. The van der Waals surface area contributed by atoms with Gasteiger partial charge in [0.2, 0.25) is 0 Å². The summed E-state index contributed by atoms with van der Waals surface area (Å²) in [6.45, 7) is 7.11. The molecule has 0 aliphatic heterocycles. The second kappa shape index (κ2) is 8.40. The third-order valence-electron chi connectivity index (χ3n) is 3.42. The van der Waals surface area contributed by atoms with E-state index in [0.29, 0.717) is 12.5 Å². The number of nitrogens with zero attached hydrogens (tertiary/aromatic N) is 2. The number of hydrogen-bond acceptors (Lipinski definition) is 3. The molecule has 1 aromatic rings. The van der Waals surface area contributed by atoms with Crippen molar-refractivity contribution in [1.29, 1.82) is 0 Å².